The molecule has 0 unspecified atom stereocenters. The molecule has 188 valence electrons. The number of sulfonamides is 1. The van der Waals surface area contributed by atoms with Crippen molar-refractivity contribution in [2.75, 3.05) is 70.6 Å². The molecule has 3 fully saturated rings. The van der Waals surface area contributed by atoms with E-state index in [0.29, 0.717) is 77.2 Å². The van der Waals surface area contributed by atoms with E-state index in [2.05, 4.69) is 29.2 Å². The Hall–Kier alpha value is -2.46. The number of rotatable bonds is 5. The van der Waals surface area contributed by atoms with E-state index in [1.54, 1.807) is 18.2 Å². The SMILES string of the molecule is O=C(c1cc(S(=O)(=O)N2CCOCC2)ccc1N1CCOCC1)N1CCC(c2ccccc2)CC1. The summed E-state index contributed by atoms with van der Waals surface area (Å²) in [7, 11) is -3.70. The molecule has 8 nitrogen and oxygen atoms in total. The summed E-state index contributed by atoms with van der Waals surface area (Å²) in [5, 5.41) is 0. The number of piperidine rings is 1. The van der Waals surface area contributed by atoms with Crippen molar-refractivity contribution in [3.8, 4) is 0 Å². The summed E-state index contributed by atoms with van der Waals surface area (Å²) < 4.78 is 38.9. The minimum Gasteiger partial charge on any atom is -0.379 e. The molecule has 0 radical (unpaired) electrons. The molecule has 9 heteroatoms. The molecule has 0 aliphatic carbocycles. The first-order valence-electron chi connectivity index (χ1n) is 12.4. The van der Waals surface area contributed by atoms with E-state index in [0.717, 1.165) is 18.5 Å². The van der Waals surface area contributed by atoms with Crippen LogP contribution in [0, 0.1) is 0 Å². The summed E-state index contributed by atoms with van der Waals surface area (Å²) in [6, 6.07) is 15.5. The first-order valence-corrected chi connectivity index (χ1v) is 13.9. The van der Waals surface area contributed by atoms with Gasteiger partial charge in [-0.25, -0.2) is 8.42 Å². The molecular weight excluding hydrogens is 466 g/mol. The lowest BCUT2D eigenvalue weighted by Crippen LogP contribution is -2.42. The third kappa shape index (κ3) is 5.23. The molecule has 0 bridgehead atoms. The number of anilines is 1. The van der Waals surface area contributed by atoms with Crippen molar-refractivity contribution in [3.05, 3.63) is 59.7 Å². The van der Waals surface area contributed by atoms with Crippen molar-refractivity contribution in [1.29, 1.82) is 0 Å². The largest absolute Gasteiger partial charge is 0.379 e. The quantitative estimate of drug-likeness (QED) is 0.629. The van der Waals surface area contributed by atoms with Crippen molar-refractivity contribution < 1.29 is 22.7 Å². The number of hydrogen-bond donors (Lipinski definition) is 0. The van der Waals surface area contributed by atoms with Crippen molar-refractivity contribution in [1.82, 2.24) is 9.21 Å². The van der Waals surface area contributed by atoms with Gasteiger partial charge < -0.3 is 19.3 Å². The Balaban J connectivity index is 1.41. The van der Waals surface area contributed by atoms with Gasteiger partial charge in [-0.1, -0.05) is 30.3 Å². The molecule has 5 rings (SSSR count). The number of morpholine rings is 2. The normalized spacial score (nSPS) is 20.7. The summed E-state index contributed by atoms with van der Waals surface area (Å²) in [5.41, 5.74) is 2.55. The zero-order valence-electron chi connectivity index (χ0n) is 20.0. The highest BCUT2D eigenvalue weighted by molar-refractivity contribution is 7.89. The number of hydrogen-bond acceptors (Lipinski definition) is 6. The Kier molecular flexibility index (Phi) is 7.38. The zero-order chi connectivity index (χ0) is 24.3. The Bertz CT molecular complexity index is 1120. The molecular formula is C26H33N3O5S. The summed E-state index contributed by atoms with van der Waals surface area (Å²) in [6.45, 7) is 5.24. The van der Waals surface area contributed by atoms with Crippen LogP contribution in [-0.4, -0.2) is 89.2 Å². The molecule has 35 heavy (non-hydrogen) atoms. The Morgan fingerprint density at radius 2 is 1.43 bits per heavy atom. The second kappa shape index (κ2) is 10.7. The van der Waals surface area contributed by atoms with Crippen LogP contribution in [0.4, 0.5) is 5.69 Å². The minimum atomic E-state index is -3.70. The predicted molar refractivity (Wildman–Crippen MR) is 133 cm³/mol. The lowest BCUT2D eigenvalue weighted by atomic mass is 9.89. The van der Waals surface area contributed by atoms with Gasteiger partial charge in [0.15, 0.2) is 0 Å². The Labute approximate surface area is 207 Å². The summed E-state index contributed by atoms with van der Waals surface area (Å²) in [6.07, 6.45) is 1.79. The maximum Gasteiger partial charge on any atom is 0.256 e. The zero-order valence-corrected chi connectivity index (χ0v) is 20.8. The van der Waals surface area contributed by atoms with Gasteiger partial charge in [0.05, 0.1) is 36.9 Å². The van der Waals surface area contributed by atoms with E-state index in [1.807, 2.05) is 11.0 Å². The van der Waals surface area contributed by atoms with Crippen molar-refractivity contribution >= 4 is 21.6 Å². The second-order valence-electron chi connectivity index (χ2n) is 9.27. The number of likely N-dealkylation sites (tertiary alicyclic amines) is 1. The molecule has 3 aliphatic rings. The van der Waals surface area contributed by atoms with E-state index in [-0.39, 0.29) is 10.8 Å². The lowest BCUT2D eigenvalue weighted by molar-refractivity contribution is 0.0711. The van der Waals surface area contributed by atoms with Crippen LogP contribution in [0.1, 0.15) is 34.7 Å². The fourth-order valence-corrected chi connectivity index (χ4v) is 6.61. The van der Waals surface area contributed by atoms with Crippen LogP contribution in [0.5, 0.6) is 0 Å². The summed E-state index contributed by atoms with van der Waals surface area (Å²) in [5.74, 6) is 0.337. The highest BCUT2D eigenvalue weighted by Crippen LogP contribution is 2.32. The molecule has 2 aromatic rings. The van der Waals surface area contributed by atoms with Crippen LogP contribution in [0.15, 0.2) is 53.4 Å². The predicted octanol–water partition coefficient (Wildman–Crippen LogP) is 2.56. The Morgan fingerprint density at radius 3 is 2.09 bits per heavy atom. The molecule has 3 heterocycles. The minimum absolute atomic E-state index is 0.1000. The van der Waals surface area contributed by atoms with E-state index in [9.17, 15) is 13.2 Å². The van der Waals surface area contributed by atoms with Gasteiger partial charge in [0.1, 0.15) is 0 Å². The first-order chi connectivity index (χ1) is 17.0. The smallest absolute Gasteiger partial charge is 0.256 e. The van der Waals surface area contributed by atoms with Gasteiger partial charge in [-0.15, -0.1) is 0 Å². The number of carbonyl (C=O) groups excluding carboxylic acids is 1. The highest BCUT2D eigenvalue weighted by Gasteiger charge is 2.31. The van der Waals surface area contributed by atoms with Crippen LogP contribution >= 0.6 is 0 Å². The molecule has 3 saturated heterocycles. The topological polar surface area (TPSA) is 79.4 Å². The van der Waals surface area contributed by atoms with E-state index in [4.69, 9.17) is 9.47 Å². The molecule has 3 aliphatic heterocycles. The molecule has 1 amide bonds. The standard InChI is InChI=1S/C26H33N3O5S/c30-26(28-10-8-22(9-11-28)21-4-2-1-3-5-21)24-20-23(35(31,32)29-14-18-34-19-15-29)6-7-25(24)27-12-16-33-17-13-27/h1-7,20,22H,8-19H2. The number of nitrogens with zero attached hydrogens (tertiary/aromatic N) is 3. The van der Waals surface area contributed by atoms with Gasteiger partial charge in [0, 0.05) is 45.0 Å². The maximum absolute atomic E-state index is 13.8. The van der Waals surface area contributed by atoms with Gasteiger partial charge in [0.25, 0.3) is 5.91 Å². The number of benzene rings is 2. The number of ether oxygens (including phenoxy) is 2. The summed E-state index contributed by atoms with van der Waals surface area (Å²) >= 11 is 0. The monoisotopic (exact) mass is 499 g/mol. The summed E-state index contributed by atoms with van der Waals surface area (Å²) in [4.78, 5) is 18.0. The van der Waals surface area contributed by atoms with Crippen LogP contribution < -0.4 is 4.90 Å². The maximum atomic E-state index is 13.8. The lowest BCUT2D eigenvalue weighted by Gasteiger charge is -2.35. The molecule has 0 atom stereocenters. The molecule has 2 aromatic carbocycles. The number of carbonyl (C=O) groups is 1. The first kappa shape index (κ1) is 24.2. The van der Waals surface area contributed by atoms with Crippen molar-refractivity contribution in [2.45, 2.75) is 23.7 Å². The van der Waals surface area contributed by atoms with Gasteiger partial charge in [-0.05, 0) is 42.5 Å². The van der Waals surface area contributed by atoms with Gasteiger partial charge in [-0.3, -0.25) is 4.79 Å². The molecule has 0 N–H and O–H groups in total. The van der Waals surface area contributed by atoms with E-state index in [1.165, 1.54) is 9.87 Å². The molecule has 0 aromatic heterocycles. The highest BCUT2D eigenvalue weighted by atomic mass is 32.2. The second-order valence-corrected chi connectivity index (χ2v) is 11.2. The van der Waals surface area contributed by atoms with Crippen molar-refractivity contribution in [3.63, 3.8) is 0 Å². The molecule has 0 spiro atoms. The number of amides is 1. The van der Waals surface area contributed by atoms with Crippen LogP contribution in [0.2, 0.25) is 0 Å². The average molecular weight is 500 g/mol. The fourth-order valence-electron chi connectivity index (χ4n) is 5.17. The van der Waals surface area contributed by atoms with Crippen LogP contribution in [-0.2, 0) is 19.5 Å². The average Bonchev–Trinajstić information content (AvgIpc) is 2.94. The van der Waals surface area contributed by atoms with E-state index >= 15 is 0 Å². The van der Waals surface area contributed by atoms with Crippen LogP contribution in [0.3, 0.4) is 0 Å². The fraction of sp³-hybridized carbons (Fsp3) is 0.500. The third-order valence-electron chi connectivity index (χ3n) is 7.21. The third-order valence-corrected chi connectivity index (χ3v) is 9.11. The van der Waals surface area contributed by atoms with Gasteiger partial charge in [-0.2, -0.15) is 4.31 Å². The van der Waals surface area contributed by atoms with Gasteiger partial charge >= 0.3 is 0 Å². The van der Waals surface area contributed by atoms with E-state index < -0.39 is 10.0 Å². The Morgan fingerprint density at radius 1 is 0.800 bits per heavy atom. The van der Waals surface area contributed by atoms with Gasteiger partial charge in [0.2, 0.25) is 10.0 Å². The van der Waals surface area contributed by atoms with Crippen LogP contribution in [0.25, 0.3) is 0 Å². The van der Waals surface area contributed by atoms with Crippen molar-refractivity contribution in [2.24, 2.45) is 0 Å². The molecule has 0 saturated carbocycles.